The smallest absolute Gasteiger partial charge is 0.227 e. The van der Waals surface area contributed by atoms with E-state index in [1.54, 1.807) is 0 Å². The van der Waals surface area contributed by atoms with Gasteiger partial charge in [0.05, 0.1) is 5.56 Å². The van der Waals surface area contributed by atoms with Crippen molar-refractivity contribution in [1.82, 2.24) is 4.98 Å². The molecule has 0 N–H and O–H groups in total. The third-order valence-corrected chi connectivity index (χ3v) is 13.1. The zero-order valence-corrected chi connectivity index (χ0v) is 33.4. The number of furan rings is 1. The molecule has 0 saturated heterocycles. The highest BCUT2D eigenvalue weighted by Crippen LogP contribution is 2.53. The van der Waals surface area contributed by atoms with Gasteiger partial charge in [0.1, 0.15) is 16.7 Å². The first-order valence-corrected chi connectivity index (χ1v) is 20.5. The van der Waals surface area contributed by atoms with Crippen LogP contribution in [-0.4, -0.2) is 4.98 Å². The van der Waals surface area contributed by atoms with Gasteiger partial charge in [0, 0.05) is 44.2 Å². The van der Waals surface area contributed by atoms with E-state index in [2.05, 4.69) is 160 Å². The summed E-state index contributed by atoms with van der Waals surface area (Å²) in [5.74, 6) is 0.588. The van der Waals surface area contributed by atoms with Gasteiger partial charge < -0.3 is 13.7 Å². The van der Waals surface area contributed by atoms with Crippen LogP contribution in [0.4, 0.5) is 17.1 Å². The molecule has 4 nitrogen and oxygen atoms in total. The number of oxazole rings is 1. The van der Waals surface area contributed by atoms with Gasteiger partial charge in [-0.15, -0.1) is 0 Å². The Morgan fingerprint density at radius 1 is 0.424 bits per heavy atom. The third-order valence-electron chi connectivity index (χ3n) is 13.1. The molecule has 2 aliphatic rings. The van der Waals surface area contributed by atoms with Crippen molar-refractivity contribution in [2.45, 2.75) is 38.5 Å². The highest BCUT2D eigenvalue weighted by molar-refractivity contribution is 6.16. The van der Waals surface area contributed by atoms with Crippen molar-refractivity contribution in [2.24, 2.45) is 0 Å². The van der Waals surface area contributed by atoms with Gasteiger partial charge >= 0.3 is 0 Å². The molecule has 0 atom stereocenters. The Balaban J connectivity index is 1.05. The van der Waals surface area contributed by atoms with Crippen LogP contribution in [0, 0.1) is 0 Å². The number of para-hydroxylation sites is 1. The molecule has 4 heteroatoms. The SMILES string of the molecule is CC1(C)c2ccccc2-c2cc(N(c3ccc(-c4c5oc(-c6ccccc6)nc5cc5c4oc4ccccc45)cc3)c3ccc4c(c3)C(C)(C)c3ccccc3-4)ccc21. The van der Waals surface area contributed by atoms with Crippen LogP contribution >= 0.6 is 0 Å². The summed E-state index contributed by atoms with van der Waals surface area (Å²) < 4.78 is 13.3. The van der Waals surface area contributed by atoms with Gasteiger partial charge in [-0.05, 0) is 111 Å². The first-order valence-electron chi connectivity index (χ1n) is 20.5. The fraction of sp³-hybridized carbons (Fsp3) is 0.109. The second-order valence-corrected chi connectivity index (χ2v) is 17.1. The molecule has 0 fully saturated rings. The van der Waals surface area contributed by atoms with Gasteiger partial charge in [-0.25, -0.2) is 4.98 Å². The van der Waals surface area contributed by atoms with E-state index >= 15 is 0 Å². The highest BCUT2D eigenvalue weighted by Gasteiger charge is 2.37. The van der Waals surface area contributed by atoms with E-state index in [0.29, 0.717) is 11.5 Å². The average molecular weight is 761 g/mol. The van der Waals surface area contributed by atoms with Gasteiger partial charge in [0.2, 0.25) is 5.89 Å². The molecule has 282 valence electrons. The van der Waals surface area contributed by atoms with E-state index < -0.39 is 0 Å². The summed E-state index contributed by atoms with van der Waals surface area (Å²) in [5.41, 5.74) is 19.7. The molecule has 10 aromatic rings. The van der Waals surface area contributed by atoms with Crippen LogP contribution < -0.4 is 4.90 Å². The van der Waals surface area contributed by atoms with E-state index in [1.807, 2.05) is 42.5 Å². The molecule has 8 aromatic carbocycles. The minimum Gasteiger partial charge on any atom is -0.455 e. The molecule has 0 bridgehead atoms. The molecule has 0 spiro atoms. The summed E-state index contributed by atoms with van der Waals surface area (Å²) in [4.78, 5) is 7.44. The average Bonchev–Trinajstić information content (AvgIpc) is 3.98. The lowest BCUT2D eigenvalue weighted by atomic mass is 9.82. The maximum atomic E-state index is 6.66. The molecule has 0 aliphatic heterocycles. The second-order valence-electron chi connectivity index (χ2n) is 17.1. The predicted molar refractivity (Wildman–Crippen MR) is 242 cm³/mol. The number of benzene rings is 8. The van der Waals surface area contributed by atoms with Crippen LogP contribution in [0.2, 0.25) is 0 Å². The molecule has 2 aliphatic carbocycles. The maximum Gasteiger partial charge on any atom is 0.227 e. The summed E-state index contributed by atoms with van der Waals surface area (Å²) in [7, 11) is 0. The van der Waals surface area contributed by atoms with Gasteiger partial charge in [0.15, 0.2) is 5.58 Å². The number of anilines is 3. The van der Waals surface area contributed by atoms with Gasteiger partial charge in [-0.2, -0.15) is 0 Å². The van der Waals surface area contributed by atoms with E-state index in [-0.39, 0.29) is 10.8 Å². The Morgan fingerprint density at radius 3 is 1.80 bits per heavy atom. The van der Waals surface area contributed by atoms with E-state index in [9.17, 15) is 0 Å². The van der Waals surface area contributed by atoms with Crippen LogP contribution in [0.1, 0.15) is 49.9 Å². The standard InChI is InChI=1S/C55H40N2O2/c1-54(2)45-20-12-9-17-39(45)42-30-36(27-29-46(42)54)57(37-26-28-40-38-16-8-11-19-44(38)55(3,4)47(40)31-37)35-24-22-33(23-25-35)50-51-43(41-18-10-13-21-49(41)58-51)32-48-52(50)59-53(56-48)34-14-6-5-7-15-34/h5-32H,1-4H3. The molecule has 12 rings (SSSR count). The molecular weight excluding hydrogens is 721 g/mol. The zero-order chi connectivity index (χ0) is 39.6. The molecule has 0 saturated carbocycles. The topological polar surface area (TPSA) is 42.4 Å². The number of nitrogens with zero attached hydrogens (tertiary/aromatic N) is 2. The Labute approximate surface area is 343 Å². The fourth-order valence-corrected chi connectivity index (χ4v) is 10.1. The van der Waals surface area contributed by atoms with Crippen molar-refractivity contribution in [1.29, 1.82) is 0 Å². The Morgan fingerprint density at radius 2 is 1.02 bits per heavy atom. The third kappa shape index (κ3) is 4.87. The first-order chi connectivity index (χ1) is 28.8. The minimum absolute atomic E-state index is 0.0790. The molecule has 0 radical (unpaired) electrons. The predicted octanol–water partition coefficient (Wildman–Crippen LogP) is 15.1. The summed E-state index contributed by atoms with van der Waals surface area (Å²) in [6.45, 7) is 9.37. The summed E-state index contributed by atoms with van der Waals surface area (Å²) in [6, 6.07) is 61.0. The lowest BCUT2D eigenvalue weighted by Crippen LogP contribution is -2.17. The van der Waals surface area contributed by atoms with Crippen LogP contribution in [0.15, 0.2) is 179 Å². The van der Waals surface area contributed by atoms with Crippen molar-refractivity contribution in [2.75, 3.05) is 4.90 Å². The van der Waals surface area contributed by atoms with Crippen LogP contribution in [0.25, 0.3) is 77.9 Å². The van der Waals surface area contributed by atoms with Gasteiger partial charge in [-0.1, -0.05) is 137 Å². The Hall–Kier alpha value is -7.17. The van der Waals surface area contributed by atoms with Crippen LogP contribution in [0.5, 0.6) is 0 Å². The zero-order valence-electron chi connectivity index (χ0n) is 33.4. The molecule has 59 heavy (non-hydrogen) atoms. The number of fused-ring (bicyclic) bond motifs is 10. The summed E-state index contributed by atoms with van der Waals surface area (Å²) in [6.07, 6.45) is 0. The Kier molecular flexibility index (Phi) is 7.00. The first kappa shape index (κ1) is 33.9. The molecule has 2 heterocycles. The molecule has 0 amide bonds. The maximum absolute atomic E-state index is 6.66. The Bertz CT molecular complexity index is 3330. The van der Waals surface area contributed by atoms with Gasteiger partial charge in [0.25, 0.3) is 0 Å². The second kappa shape index (κ2) is 12.2. The van der Waals surface area contributed by atoms with E-state index in [0.717, 1.165) is 61.2 Å². The number of hydrogen-bond acceptors (Lipinski definition) is 4. The number of hydrogen-bond donors (Lipinski definition) is 0. The minimum atomic E-state index is -0.134. The summed E-state index contributed by atoms with van der Waals surface area (Å²) in [5, 5.41) is 2.07. The van der Waals surface area contributed by atoms with Crippen LogP contribution in [0.3, 0.4) is 0 Å². The summed E-state index contributed by atoms with van der Waals surface area (Å²) >= 11 is 0. The molecule has 0 unspecified atom stereocenters. The number of rotatable bonds is 5. The van der Waals surface area contributed by atoms with Crippen LogP contribution in [-0.2, 0) is 10.8 Å². The largest absolute Gasteiger partial charge is 0.455 e. The number of aromatic nitrogens is 1. The van der Waals surface area contributed by atoms with Gasteiger partial charge in [-0.3, -0.25) is 0 Å². The lowest BCUT2D eigenvalue weighted by Gasteiger charge is -2.29. The van der Waals surface area contributed by atoms with Crippen molar-refractivity contribution in [3.63, 3.8) is 0 Å². The lowest BCUT2D eigenvalue weighted by molar-refractivity contribution is 0.619. The van der Waals surface area contributed by atoms with E-state index in [4.69, 9.17) is 13.8 Å². The fourth-order valence-electron chi connectivity index (χ4n) is 10.1. The quantitative estimate of drug-likeness (QED) is 0.175. The van der Waals surface area contributed by atoms with Crippen molar-refractivity contribution in [3.8, 4) is 44.8 Å². The molecule has 2 aromatic heterocycles. The van der Waals surface area contributed by atoms with Crippen molar-refractivity contribution in [3.05, 3.63) is 192 Å². The monoisotopic (exact) mass is 760 g/mol. The highest BCUT2D eigenvalue weighted by atomic mass is 16.4. The van der Waals surface area contributed by atoms with Crippen molar-refractivity contribution >= 4 is 50.1 Å². The van der Waals surface area contributed by atoms with Crippen molar-refractivity contribution < 1.29 is 8.83 Å². The normalized spacial score (nSPS) is 14.4. The van der Waals surface area contributed by atoms with E-state index in [1.165, 1.54) is 44.5 Å². The molecular formula is C55H40N2O2.